The van der Waals surface area contributed by atoms with Gasteiger partial charge in [-0.3, -0.25) is 0 Å². The molecule has 1 aromatic carbocycles. The Labute approximate surface area is 86.5 Å². The first-order valence-electron chi connectivity index (χ1n) is 4.76. The number of para-hydroxylation sites is 1. The Morgan fingerprint density at radius 2 is 2.33 bits per heavy atom. The Balaban J connectivity index is 2.29. The summed E-state index contributed by atoms with van der Waals surface area (Å²) in [6, 6.07) is 5.70. The van der Waals surface area contributed by atoms with E-state index in [9.17, 15) is 0 Å². The van der Waals surface area contributed by atoms with E-state index in [1.165, 1.54) is 0 Å². The first-order chi connectivity index (χ1) is 7.36. The lowest BCUT2D eigenvalue weighted by Gasteiger charge is -2.08. The highest BCUT2D eigenvalue weighted by Crippen LogP contribution is 2.35. The minimum atomic E-state index is 0.567. The van der Waals surface area contributed by atoms with Crippen LogP contribution in [0.1, 0.15) is 0 Å². The van der Waals surface area contributed by atoms with E-state index in [0.717, 1.165) is 17.0 Å². The Kier molecular flexibility index (Phi) is 1.65. The van der Waals surface area contributed by atoms with Gasteiger partial charge in [0.1, 0.15) is 6.61 Å². The molecule has 0 spiro atoms. The van der Waals surface area contributed by atoms with Crippen LogP contribution < -0.4 is 10.5 Å². The summed E-state index contributed by atoms with van der Waals surface area (Å²) in [6.45, 7) is 1.26. The highest BCUT2D eigenvalue weighted by molar-refractivity contribution is 5.75. The fourth-order valence-corrected chi connectivity index (χ4v) is 1.78. The second kappa shape index (κ2) is 2.98. The summed E-state index contributed by atoms with van der Waals surface area (Å²) in [4.78, 5) is 0. The molecule has 0 atom stereocenters. The molecule has 1 aromatic heterocycles. The van der Waals surface area contributed by atoms with Crippen molar-refractivity contribution in [2.24, 2.45) is 0 Å². The van der Waals surface area contributed by atoms with Crippen molar-refractivity contribution in [3.05, 3.63) is 24.4 Å². The normalized spacial score (nSPS) is 13.6. The molecule has 0 aliphatic carbocycles. The summed E-state index contributed by atoms with van der Waals surface area (Å²) in [5, 5.41) is 7.88. The van der Waals surface area contributed by atoms with E-state index in [1.807, 2.05) is 22.9 Å². The van der Waals surface area contributed by atoms with Gasteiger partial charge in [0.05, 0.1) is 24.1 Å². The van der Waals surface area contributed by atoms with Crippen LogP contribution in [0.25, 0.3) is 11.3 Å². The summed E-state index contributed by atoms with van der Waals surface area (Å²) >= 11 is 0. The third kappa shape index (κ3) is 1.16. The first kappa shape index (κ1) is 8.28. The predicted octanol–water partition coefficient (Wildman–Crippen LogP) is 0.920. The van der Waals surface area contributed by atoms with Crippen LogP contribution in [0.15, 0.2) is 24.4 Å². The number of nitrogens with two attached hydrogens (primary N) is 1. The van der Waals surface area contributed by atoms with Crippen molar-refractivity contribution in [2.75, 3.05) is 12.3 Å². The molecule has 5 heteroatoms. The molecule has 0 amide bonds. The van der Waals surface area contributed by atoms with Crippen molar-refractivity contribution in [3.63, 3.8) is 0 Å². The zero-order valence-corrected chi connectivity index (χ0v) is 8.05. The lowest BCUT2D eigenvalue weighted by Crippen LogP contribution is -2.07. The van der Waals surface area contributed by atoms with Crippen LogP contribution in [-0.2, 0) is 6.54 Å². The minimum Gasteiger partial charge on any atom is -0.489 e. The molecule has 2 heterocycles. The lowest BCUT2D eigenvalue weighted by molar-refractivity contribution is 0.300. The topological polar surface area (TPSA) is 66.0 Å². The zero-order valence-electron chi connectivity index (χ0n) is 8.05. The summed E-state index contributed by atoms with van der Waals surface area (Å²) in [5.41, 5.74) is 8.43. The maximum absolute atomic E-state index is 5.86. The number of ether oxygens (including phenoxy) is 1. The monoisotopic (exact) mass is 202 g/mol. The summed E-state index contributed by atoms with van der Waals surface area (Å²) in [5.74, 6) is 0.735. The van der Waals surface area contributed by atoms with E-state index in [0.29, 0.717) is 18.8 Å². The molecule has 2 aromatic rings. The molecular weight excluding hydrogens is 192 g/mol. The standard InChI is InChI=1S/C10H10N4O/c11-8-3-1-2-7-9-6-12-13-14(9)4-5-15-10(7)8/h1-3,6H,4-5,11H2. The van der Waals surface area contributed by atoms with Crippen molar-refractivity contribution in [1.82, 2.24) is 15.0 Å². The van der Waals surface area contributed by atoms with Crippen molar-refractivity contribution in [2.45, 2.75) is 6.54 Å². The van der Waals surface area contributed by atoms with Gasteiger partial charge in [-0.2, -0.15) is 0 Å². The molecule has 3 rings (SSSR count). The van der Waals surface area contributed by atoms with E-state index >= 15 is 0 Å². The van der Waals surface area contributed by atoms with Gasteiger partial charge in [-0.25, -0.2) is 4.68 Å². The maximum atomic E-state index is 5.86. The number of nitrogens with zero attached hydrogens (tertiary/aromatic N) is 3. The van der Waals surface area contributed by atoms with Crippen LogP contribution in [0.4, 0.5) is 5.69 Å². The molecule has 1 aliphatic rings. The van der Waals surface area contributed by atoms with E-state index in [2.05, 4.69) is 10.3 Å². The SMILES string of the molecule is Nc1cccc2c1OCCn1nncc1-2. The fraction of sp³-hybridized carbons (Fsp3) is 0.200. The third-order valence-electron chi connectivity index (χ3n) is 2.49. The number of aromatic nitrogens is 3. The van der Waals surface area contributed by atoms with Crippen LogP contribution in [0.5, 0.6) is 5.75 Å². The quantitative estimate of drug-likeness (QED) is 0.645. The fourth-order valence-electron chi connectivity index (χ4n) is 1.78. The van der Waals surface area contributed by atoms with E-state index in [-0.39, 0.29) is 0 Å². The number of hydrogen-bond donors (Lipinski definition) is 1. The maximum Gasteiger partial charge on any atom is 0.151 e. The van der Waals surface area contributed by atoms with Gasteiger partial charge in [0.2, 0.25) is 0 Å². The van der Waals surface area contributed by atoms with Gasteiger partial charge in [-0.05, 0) is 12.1 Å². The number of hydrogen-bond acceptors (Lipinski definition) is 4. The van der Waals surface area contributed by atoms with E-state index in [1.54, 1.807) is 6.20 Å². The molecule has 0 radical (unpaired) electrons. The highest BCUT2D eigenvalue weighted by atomic mass is 16.5. The van der Waals surface area contributed by atoms with Crippen LogP contribution in [0.3, 0.4) is 0 Å². The molecule has 0 saturated heterocycles. The number of nitrogen functional groups attached to an aromatic ring is 1. The van der Waals surface area contributed by atoms with Crippen molar-refractivity contribution < 1.29 is 4.74 Å². The van der Waals surface area contributed by atoms with Crippen molar-refractivity contribution >= 4 is 5.69 Å². The number of benzene rings is 1. The molecule has 15 heavy (non-hydrogen) atoms. The molecule has 0 unspecified atom stereocenters. The lowest BCUT2D eigenvalue weighted by atomic mass is 10.1. The van der Waals surface area contributed by atoms with E-state index in [4.69, 9.17) is 10.5 Å². The van der Waals surface area contributed by atoms with Crippen molar-refractivity contribution in [3.8, 4) is 17.0 Å². The smallest absolute Gasteiger partial charge is 0.151 e. The van der Waals surface area contributed by atoms with Gasteiger partial charge in [-0.15, -0.1) is 5.10 Å². The highest BCUT2D eigenvalue weighted by Gasteiger charge is 2.17. The van der Waals surface area contributed by atoms with Gasteiger partial charge >= 0.3 is 0 Å². The van der Waals surface area contributed by atoms with Gasteiger partial charge in [0, 0.05) is 5.56 Å². The average molecular weight is 202 g/mol. The molecule has 76 valence electrons. The van der Waals surface area contributed by atoms with Gasteiger partial charge in [0.15, 0.2) is 5.75 Å². The second-order valence-electron chi connectivity index (χ2n) is 3.41. The molecule has 0 bridgehead atoms. The number of fused-ring (bicyclic) bond motifs is 3. The molecule has 5 nitrogen and oxygen atoms in total. The summed E-state index contributed by atoms with van der Waals surface area (Å²) < 4.78 is 7.43. The number of anilines is 1. The summed E-state index contributed by atoms with van der Waals surface area (Å²) in [6.07, 6.45) is 1.73. The first-order valence-corrected chi connectivity index (χ1v) is 4.76. The van der Waals surface area contributed by atoms with Crippen LogP contribution in [0, 0.1) is 0 Å². The predicted molar refractivity (Wildman–Crippen MR) is 55.4 cm³/mol. The summed E-state index contributed by atoms with van der Waals surface area (Å²) in [7, 11) is 0. The van der Waals surface area contributed by atoms with Crippen LogP contribution in [0.2, 0.25) is 0 Å². The molecule has 0 fully saturated rings. The second-order valence-corrected chi connectivity index (χ2v) is 3.41. The largest absolute Gasteiger partial charge is 0.489 e. The van der Waals surface area contributed by atoms with Crippen LogP contribution >= 0.6 is 0 Å². The Hall–Kier alpha value is -2.04. The van der Waals surface area contributed by atoms with Gasteiger partial charge < -0.3 is 10.5 Å². The van der Waals surface area contributed by atoms with E-state index < -0.39 is 0 Å². The minimum absolute atomic E-state index is 0.567. The third-order valence-corrected chi connectivity index (χ3v) is 2.49. The molecular formula is C10H10N4O. The zero-order chi connectivity index (χ0) is 10.3. The van der Waals surface area contributed by atoms with Gasteiger partial charge in [0.25, 0.3) is 0 Å². The molecule has 1 aliphatic heterocycles. The van der Waals surface area contributed by atoms with Crippen LogP contribution in [-0.4, -0.2) is 21.6 Å². The number of rotatable bonds is 0. The molecule has 0 saturated carbocycles. The molecule has 2 N–H and O–H groups in total. The average Bonchev–Trinajstić information content (AvgIpc) is 2.62. The van der Waals surface area contributed by atoms with Crippen molar-refractivity contribution in [1.29, 1.82) is 0 Å². The Morgan fingerprint density at radius 1 is 1.40 bits per heavy atom. The Bertz CT molecular complexity index is 506. The Morgan fingerprint density at radius 3 is 3.27 bits per heavy atom. The van der Waals surface area contributed by atoms with Gasteiger partial charge in [-0.1, -0.05) is 11.3 Å².